The van der Waals surface area contributed by atoms with E-state index in [0.29, 0.717) is 0 Å². The molecule has 5 heterocycles. The molecule has 5 nitrogen and oxygen atoms in total. The Balaban J connectivity index is 1.13. The summed E-state index contributed by atoms with van der Waals surface area (Å²) in [5.41, 5.74) is 26.4. The molecule has 0 N–H and O–H groups in total. The Morgan fingerprint density at radius 3 is 0.909 bits per heavy atom. The van der Waals surface area contributed by atoms with E-state index in [1.807, 2.05) is 0 Å². The first-order chi connectivity index (χ1) is 42.2. The van der Waals surface area contributed by atoms with Crippen LogP contribution in [0, 0.1) is 0 Å². The van der Waals surface area contributed by atoms with Crippen molar-refractivity contribution in [1.82, 2.24) is 13.7 Å². The summed E-state index contributed by atoms with van der Waals surface area (Å²) in [6.45, 7) is 27.9. The van der Waals surface area contributed by atoms with Gasteiger partial charge in [0.25, 0.3) is 6.71 Å². The van der Waals surface area contributed by atoms with Gasteiger partial charge in [0, 0.05) is 77.8 Å². The monoisotopic (exact) mass is 1140 g/mol. The average Bonchev–Trinajstić information content (AvgIpc) is 1.45. The van der Waals surface area contributed by atoms with E-state index in [4.69, 9.17) is 0 Å². The van der Waals surface area contributed by atoms with Crippen LogP contribution in [0.15, 0.2) is 231 Å². The molecule has 2 aliphatic heterocycles. The topological polar surface area (TPSA) is 21.3 Å². The predicted molar refractivity (Wildman–Crippen MR) is 378 cm³/mol. The summed E-state index contributed by atoms with van der Waals surface area (Å²) in [5, 5.41) is 7.32. The van der Waals surface area contributed by atoms with E-state index in [2.05, 4.69) is 337 Å². The SMILES string of the molecule is CC(C)(C)c1ccc(N2c3ccc(C(C)(C)C)cc3B3c4cc(C(C)(C)C)ccc4N(c4ccc(C(C)(C)C)cc4)c4cc(-n5c6ccccc6c6c7c(c8ccccc8n7-c7ccccc7)c7c(c8ccccc8n7-c7ccccc7)c65)cc2c43)cc1. The minimum atomic E-state index is -0.0874. The number of nitrogens with zero attached hydrogens (tertiary/aromatic N) is 5. The van der Waals surface area contributed by atoms with Crippen molar-refractivity contribution in [2.24, 2.45) is 0 Å². The first kappa shape index (κ1) is 53.9. The van der Waals surface area contributed by atoms with Gasteiger partial charge in [-0.3, -0.25) is 0 Å². The molecule has 6 heteroatoms. The maximum atomic E-state index is 2.66. The summed E-state index contributed by atoms with van der Waals surface area (Å²) >= 11 is 0. The minimum absolute atomic E-state index is 0.0230. The van der Waals surface area contributed by atoms with Gasteiger partial charge in [-0.15, -0.1) is 0 Å². The molecule has 0 amide bonds. The second-order valence-electron chi connectivity index (χ2n) is 29.0. The number of aromatic nitrogens is 3. The summed E-state index contributed by atoms with van der Waals surface area (Å²) in [7, 11) is 0. The van der Waals surface area contributed by atoms with Gasteiger partial charge in [0.15, 0.2) is 0 Å². The molecule has 88 heavy (non-hydrogen) atoms. The number of hydrogen-bond acceptors (Lipinski definition) is 2. The zero-order chi connectivity index (χ0) is 60.5. The number of rotatable bonds is 5. The molecule has 11 aromatic carbocycles. The summed E-state index contributed by atoms with van der Waals surface area (Å²) in [6.07, 6.45) is 0. The van der Waals surface area contributed by atoms with Gasteiger partial charge < -0.3 is 23.5 Å². The zero-order valence-corrected chi connectivity index (χ0v) is 52.8. The van der Waals surface area contributed by atoms with Crippen molar-refractivity contribution in [3.05, 3.63) is 253 Å². The van der Waals surface area contributed by atoms with Crippen molar-refractivity contribution >= 4 is 123 Å². The lowest BCUT2D eigenvalue weighted by molar-refractivity contribution is 0.590. The van der Waals surface area contributed by atoms with Gasteiger partial charge in [0.05, 0.1) is 38.8 Å². The van der Waals surface area contributed by atoms with Crippen molar-refractivity contribution in [3.8, 4) is 17.1 Å². The average molecular weight is 1140 g/mol. The van der Waals surface area contributed by atoms with E-state index in [0.717, 1.165) is 34.0 Å². The van der Waals surface area contributed by atoms with E-state index in [9.17, 15) is 0 Å². The molecule has 0 bridgehead atoms. The summed E-state index contributed by atoms with van der Waals surface area (Å²) in [6, 6.07) is 88.3. The van der Waals surface area contributed by atoms with Crippen LogP contribution in [0.25, 0.3) is 82.5 Å². The Bertz CT molecular complexity index is 4950. The molecule has 3 aromatic heterocycles. The van der Waals surface area contributed by atoms with Crippen molar-refractivity contribution in [3.63, 3.8) is 0 Å². The molecule has 0 spiro atoms. The fraction of sp³-hybridized carbons (Fsp3) is 0.195. The lowest BCUT2D eigenvalue weighted by atomic mass is 9.33. The second kappa shape index (κ2) is 19.0. The van der Waals surface area contributed by atoms with Crippen molar-refractivity contribution in [1.29, 1.82) is 0 Å². The highest BCUT2D eigenvalue weighted by Crippen LogP contribution is 2.53. The highest BCUT2D eigenvalue weighted by Gasteiger charge is 2.45. The van der Waals surface area contributed by atoms with Gasteiger partial charge in [-0.25, -0.2) is 0 Å². The lowest BCUT2D eigenvalue weighted by Crippen LogP contribution is -2.61. The number of para-hydroxylation sites is 5. The molecular weight excluding hydrogens is 1070 g/mol. The first-order valence-corrected chi connectivity index (χ1v) is 31.5. The van der Waals surface area contributed by atoms with Crippen LogP contribution >= 0.6 is 0 Å². The molecule has 0 aliphatic carbocycles. The first-order valence-electron chi connectivity index (χ1n) is 31.5. The molecule has 0 radical (unpaired) electrons. The van der Waals surface area contributed by atoms with Crippen LogP contribution in [0.4, 0.5) is 34.1 Å². The molecular formula is C82H74BN5. The molecule has 0 atom stereocenters. The van der Waals surface area contributed by atoms with E-state index < -0.39 is 0 Å². The molecule has 16 rings (SSSR count). The maximum Gasteiger partial charge on any atom is 0.252 e. The fourth-order valence-electron chi connectivity index (χ4n) is 14.9. The van der Waals surface area contributed by atoms with Gasteiger partial charge >= 0.3 is 0 Å². The standard InChI is InChI=1S/C82H74BN5/c1-79(2,3)51-35-41-57(42-36-51)84-68-45-39-53(81(7,8)9)47-63(68)83-64-48-54(82(10,11)12)40-46-69(64)85(58-43-37-52(38-44-58)80(4,5)6)71-50-59(49-70(84)75(71)83)88-67-34-24-21-31-62(67)74-77-72(60-29-19-22-32-65(60)86(77)55-25-15-13-16-26-55)76-73(78(74)88)61-30-20-23-33-66(61)87(76)56-27-17-14-18-28-56/h13-50H,1-12H3. The number of fused-ring (bicyclic) bond motifs is 16. The normalized spacial score (nSPS) is 13.6. The second-order valence-corrected chi connectivity index (χ2v) is 29.0. The fourth-order valence-corrected chi connectivity index (χ4v) is 14.9. The van der Waals surface area contributed by atoms with Crippen LogP contribution in [0.5, 0.6) is 0 Å². The van der Waals surface area contributed by atoms with Gasteiger partial charge in [-0.05, 0) is 151 Å². The number of benzene rings is 11. The van der Waals surface area contributed by atoms with E-state index in [1.54, 1.807) is 0 Å². The Morgan fingerprint density at radius 1 is 0.261 bits per heavy atom. The third kappa shape index (κ3) is 7.99. The Kier molecular flexibility index (Phi) is 11.6. The number of hydrogen-bond donors (Lipinski definition) is 0. The number of anilines is 6. The molecule has 0 fully saturated rings. The molecule has 14 aromatic rings. The third-order valence-electron chi connectivity index (χ3n) is 19.4. The van der Waals surface area contributed by atoms with Gasteiger partial charge in [0.1, 0.15) is 0 Å². The van der Waals surface area contributed by atoms with Gasteiger partial charge in [-0.2, -0.15) is 0 Å². The maximum absolute atomic E-state index is 2.66. The van der Waals surface area contributed by atoms with E-state index in [-0.39, 0.29) is 28.4 Å². The molecule has 430 valence electrons. The van der Waals surface area contributed by atoms with Crippen LogP contribution in [0.1, 0.15) is 105 Å². The zero-order valence-electron chi connectivity index (χ0n) is 52.8. The van der Waals surface area contributed by atoms with Crippen LogP contribution in [-0.4, -0.2) is 20.4 Å². The predicted octanol–water partition coefficient (Wildman–Crippen LogP) is 20.3. The van der Waals surface area contributed by atoms with Crippen LogP contribution < -0.4 is 26.2 Å². The molecule has 2 aliphatic rings. The van der Waals surface area contributed by atoms with Crippen molar-refractivity contribution < 1.29 is 0 Å². The third-order valence-corrected chi connectivity index (χ3v) is 19.4. The van der Waals surface area contributed by atoms with Crippen LogP contribution in [-0.2, 0) is 21.7 Å². The van der Waals surface area contributed by atoms with E-state index in [1.165, 1.54) is 121 Å². The van der Waals surface area contributed by atoms with Crippen LogP contribution in [0.3, 0.4) is 0 Å². The quantitative estimate of drug-likeness (QED) is 0.160. The molecule has 0 saturated carbocycles. The summed E-state index contributed by atoms with van der Waals surface area (Å²) in [4.78, 5) is 5.23. The summed E-state index contributed by atoms with van der Waals surface area (Å²) < 4.78 is 7.76. The molecule has 0 unspecified atom stereocenters. The Morgan fingerprint density at radius 2 is 0.568 bits per heavy atom. The smallest absolute Gasteiger partial charge is 0.252 e. The Hall–Kier alpha value is -9.52. The van der Waals surface area contributed by atoms with Gasteiger partial charge in [0.2, 0.25) is 0 Å². The highest BCUT2D eigenvalue weighted by atomic mass is 15.2. The van der Waals surface area contributed by atoms with Crippen molar-refractivity contribution in [2.75, 3.05) is 9.80 Å². The summed E-state index contributed by atoms with van der Waals surface area (Å²) in [5.74, 6) is 0. The highest BCUT2D eigenvalue weighted by molar-refractivity contribution is 7.00. The van der Waals surface area contributed by atoms with Crippen molar-refractivity contribution in [2.45, 2.75) is 105 Å². The van der Waals surface area contributed by atoms with E-state index >= 15 is 0 Å². The Labute approximate surface area is 517 Å². The molecule has 0 saturated heterocycles. The minimum Gasteiger partial charge on any atom is -0.311 e. The van der Waals surface area contributed by atoms with Gasteiger partial charge in [-0.1, -0.05) is 223 Å². The van der Waals surface area contributed by atoms with Crippen LogP contribution in [0.2, 0.25) is 0 Å². The lowest BCUT2D eigenvalue weighted by Gasteiger charge is -2.45. The largest absolute Gasteiger partial charge is 0.311 e.